The lowest BCUT2D eigenvalue weighted by molar-refractivity contribution is 0.411. The number of fused-ring (bicyclic) bond motifs is 1. The molecule has 0 saturated carbocycles. The molecule has 0 amide bonds. The van der Waals surface area contributed by atoms with Crippen LogP contribution in [0.15, 0.2) is 42.7 Å². The fraction of sp³-hybridized carbons (Fsp3) is 0.190. The first-order valence-electron chi connectivity index (χ1n) is 8.96. The molecule has 4 rings (SSSR count). The van der Waals surface area contributed by atoms with E-state index in [1.165, 1.54) is 12.1 Å². The molecule has 29 heavy (non-hydrogen) atoms. The Bertz CT molecular complexity index is 1260. The summed E-state index contributed by atoms with van der Waals surface area (Å²) in [7, 11) is 0. The van der Waals surface area contributed by atoms with Crippen molar-refractivity contribution >= 4 is 17.0 Å². The zero-order valence-electron chi connectivity index (χ0n) is 16.2. The lowest BCUT2D eigenvalue weighted by Crippen LogP contribution is -2.23. The predicted octanol–water partition coefficient (Wildman–Crippen LogP) is 3.90. The number of benzene rings is 1. The largest absolute Gasteiger partial charge is 0.368 e. The summed E-state index contributed by atoms with van der Waals surface area (Å²) < 4.78 is 16.5. The summed E-state index contributed by atoms with van der Waals surface area (Å²) >= 11 is 0. The first kappa shape index (κ1) is 18.5. The Balaban J connectivity index is 1.97. The SMILES string of the molecule is CC(C)(C)n1c(-c2nc(C#N)ccc2F)nc2cc(-c3cnc(N)nc3)ccc21. The lowest BCUT2D eigenvalue weighted by Gasteiger charge is -2.24. The Morgan fingerprint density at radius 3 is 2.41 bits per heavy atom. The number of nitriles is 1. The molecule has 0 aliphatic heterocycles. The second kappa shape index (κ2) is 6.63. The van der Waals surface area contributed by atoms with Crippen molar-refractivity contribution < 1.29 is 4.39 Å². The third-order valence-corrected chi connectivity index (χ3v) is 4.50. The van der Waals surface area contributed by atoms with E-state index in [0.29, 0.717) is 11.3 Å². The van der Waals surface area contributed by atoms with Gasteiger partial charge in [0.2, 0.25) is 5.95 Å². The predicted molar refractivity (Wildman–Crippen MR) is 108 cm³/mol. The molecule has 4 aromatic rings. The third-order valence-electron chi connectivity index (χ3n) is 4.50. The number of pyridine rings is 1. The Labute approximate surface area is 166 Å². The number of imidazole rings is 1. The van der Waals surface area contributed by atoms with Crippen molar-refractivity contribution in [3.63, 3.8) is 0 Å². The third kappa shape index (κ3) is 3.27. The number of anilines is 1. The van der Waals surface area contributed by atoms with Crippen LogP contribution < -0.4 is 5.73 Å². The Hall–Kier alpha value is -3.86. The Kier molecular flexibility index (Phi) is 4.23. The molecular formula is C21H18FN7. The molecule has 3 aromatic heterocycles. The molecule has 7 nitrogen and oxygen atoms in total. The summed E-state index contributed by atoms with van der Waals surface area (Å²) in [5, 5.41) is 9.17. The topological polar surface area (TPSA) is 106 Å². The van der Waals surface area contributed by atoms with Crippen molar-refractivity contribution in [2.75, 3.05) is 5.73 Å². The van der Waals surface area contributed by atoms with Gasteiger partial charge < -0.3 is 10.3 Å². The molecule has 0 bridgehead atoms. The molecule has 2 N–H and O–H groups in total. The summed E-state index contributed by atoms with van der Waals surface area (Å²) in [5.41, 5.74) is 8.51. The molecule has 0 fully saturated rings. The van der Waals surface area contributed by atoms with Crippen LogP contribution in [0.4, 0.5) is 10.3 Å². The van der Waals surface area contributed by atoms with Gasteiger partial charge in [0.15, 0.2) is 11.6 Å². The number of nitrogens with zero attached hydrogens (tertiary/aromatic N) is 6. The van der Waals surface area contributed by atoms with Gasteiger partial charge in [-0.3, -0.25) is 0 Å². The van der Waals surface area contributed by atoms with Crippen LogP contribution in [0.25, 0.3) is 33.7 Å². The minimum absolute atomic E-state index is 0.0487. The standard InChI is InChI=1S/C21H18FN7/c1-21(2,3)29-17-7-4-12(13-10-25-20(24)26-11-13)8-16(17)28-19(29)18-15(22)6-5-14(9-23)27-18/h4-8,10-11H,1-3H3,(H2,24,25,26). The molecule has 1 aromatic carbocycles. The van der Waals surface area contributed by atoms with Gasteiger partial charge in [0, 0.05) is 23.5 Å². The van der Waals surface area contributed by atoms with Crippen LogP contribution in [-0.4, -0.2) is 24.5 Å². The van der Waals surface area contributed by atoms with Crippen molar-refractivity contribution in [3.8, 4) is 28.7 Å². The second-order valence-electron chi connectivity index (χ2n) is 7.61. The van der Waals surface area contributed by atoms with Gasteiger partial charge >= 0.3 is 0 Å². The fourth-order valence-electron chi connectivity index (χ4n) is 3.25. The first-order chi connectivity index (χ1) is 13.8. The van der Waals surface area contributed by atoms with E-state index in [0.717, 1.165) is 16.6 Å². The molecule has 144 valence electrons. The smallest absolute Gasteiger partial charge is 0.219 e. The van der Waals surface area contributed by atoms with Crippen LogP contribution in [0, 0.1) is 17.1 Å². The molecule has 0 radical (unpaired) electrons. The van der Waals surface area contributed by atoms with Crippen LogP contribution in [-0.2, 0) is 5.54 Å². The summed E-state index contributed by atoms with van der Waals surface area (Å²) in [6.07, 6.45) is 3.28. The fourth-order valence-corrected chi connectivity index (χ4v) is 3.25. The molecule has 3 heterocycles. The summed E-state index contributed by atoms with van der Waals surface area (Å²) in [6.45, 7) is 6.02. The molecule has 0 aliphatic carbocycles. The van der Waals surface area contributed by atoms with E-state index in [9.17, 15) is 4.39 Å². The van der Waals surface area contributed by atoms with Crippen LogP contribution in [0.2, 0.25) is 0 Å². The van der Waals surface area contributed by atoms with Crippen molar-refractivity contribution in [1.29, 1.82) is 5.26 Å². The van der Waals surface area contributed by atoms with Crippen LogP contribution >= 0.6 is 0 Å². The van der Waals surface area contributed by atoms with Gasteiger partial charge in [0.25, 0.3) is 0 Å². The van der Waals surface area contributed by atoms with Crippen molar-refractivity contribution in [3.05, 3.63) is 54.2 Å². The van der Waals surface area contributed by atoms with Crippen molar-refractivity contribution in [2.24, 2.45) is 0 Å². The highest BCUT2D eigenvalue weighted by atomic mass is 19.1. The monoisotopic (exact) mass is 387 g/mol. The van der Waals surface area contributed by atoms with Gasteiger partial charge in [-0.15, -0.1) is 0 Å². The average molecular weight is 387 g/mol. The minimum atomic E-state index is -0.531. The number of rotatable bonds is 2. The normalized spacial score (nSPS) is 11.6. The lowest BCUT2D eigenvalue weighted by atomic mass is 10.1. The molecular weight excluding hydrogens is 369 g/mol. The van der Waals surface area contributed by atoms with E-state index in [-0.39, 0.29) is 17.3 Å². The quantitative estimate of drug-likeness (QED) is 0.559. The Morgan fingerprint density at radius 2 is 1.76 bits per heavy atom. The van der Waals surface area contributed by atoms with Crippen molar-refractivity contribution in [1.82, 2.24) is 24.5 Å². The zero-order valence-corrected chi connectivity index (χ0v) is 16.2. The summed E-state index contributed by atoms with van der Waals surface area (Å²) in [5.74, 6) is 0.0396. The average Bonchev–Trinajstić information content (AvgIpc) is 3.07. The van der Waals surface area contributed by atoms with E-state index in [1.807, 2.05) is 49.6 Å². The highest BCUT2D eigenvalue weighted by Gasteiger charge is 2.25. The highest BCUT2D eigenvalue weighted by Crippen LogP contribution is 2.33. The maximum absolute atomic E-state index is 14.6. The van der Waals surface area contributed by atoms with Gasteiger partial charge in [-0.1, -0.05) is 6.07 Å². The Morgan fingerprint density at radius 1 is 1.03 bits per heavy atom. The van der Waals surface area contributed by atoms with E-state index < -0.39 is 11.4 Å². The first-order valence-corrected chi connectivity index (χ1v) is 8.96. The number of nitrogen functional groups attached to an aromatic ring is 1. The van der Waals surface area contributed by atoms with Crippen LogP contribution in [0.1, 0.15) is 26.5 Å². The van der Waals surface area contributed by atoms with Crippen LogP contribution in [0.5, 0.6) is 0 Å². The number of hydrogen-bond donors (Lipinski definition) is 1. The van der Waals surface area contributed by atoms with E-state index in [4.69, 9.17) is 11.0 Å². The number of halogens is 1. The van der Waals surface area contributed by atoms with Crippen molar-refractivity contribution in [2.45, 2.75) is 26.3 Å². The van der Waals surface area contributed by atoms with E-state index >= 15 is 0 Å². The van der Waals surface area contributed by atoms with Gasteiger partial charge in [-0.2, -0.15) is 5.26 Å². The van der Waals surface area contributed by atoms with Crippen LogP contribution in [0.3, 0.4) is 0 Å². The molecule has 8 heteroatoms. The maximum atomic E-state index is 14.6. The summed E-state index contributed by atoms with van der Waals surface area (Å²) in [4.78, 5) is 16.9. The molecule has 0 unspecified atom stereocenters. The zero-order chi connectivity index (χ0) is 20.8. The molecule has 0 atom stereocenters. The number of nitrogens with two attached hydrogens (primary N) is 1. The highest BCUT2D eigenvalue weighted by molar-refractivity contribution is 5.85. The minimum Gasteiger partial charge on any atom is -0.368 e. The number of hydrogen-bond acceptors (Lipinski definition) is 6. The van der Waals surface area contributed by atoms with Gasteiger partial charge in [-0.25, -0.2) is 24.3 Å². The molecule has 0 saturated heterocycles. The van der Waals surface area contributed by atoms with E-state index in [1.54, 1.807) is 12.4 Å². The molecule has 0 spiro atoms. The van der Waals surface area contributed by atoms with Gasteiger partial charge in [0.05, 0.1) is 11.0 Å². The molecule has 0 aliphatic rings. The van der Waals surface area contributed by atoms with Gasteiger partial charge in [-0.05, 0) is 50.6 Å². The van der Waals surface area contributed by atoms with E-state index in [2.05, 4.69) is 19.9 Å². The summed E-state index contributed by atoms with van der Waals surface area (Å²) in [6, 6.07) is 10.3. The number of aromatic nitrogens is 5. The maximum Gasteiger partial charge on any atom is 0.219 e. The van der Waals surface area contributed by atoms with Gasteiger partial charge in [0.1, 0.15) is 17.5 Å². The second-order valence-corrected chi connectivity index (χ2v) is 7.61.